The molecule has 2 aromatic carbocycles. The third-order valence-electron chi connectivity index (χ3n) is 4.74. The molecule has 0 aliphatic carbocycles. The van der Waals surface area contributed by atoms with E-state index in [-0.39, 0.29) is 0 Å². The molecule has 2 aromatic rings. The number of hydrogen-bond donors (Lipinski definition) is 0. The molecule has 0 N–H and O–H groups in total. The van der Waals surface area contributed by atoms with Crippen LogP contribution in [0.2, 0.25) is 39.3 Å². The summed E-state index contributed by atoms with van der Waals surface area (Å²) in [4.78, 5) is 0. The van der Waals surface area contributed by atoms with Crippen molar-refractivity contribution in [3.05, 3.63) is 83.8 Å². The minimum absolute atomic E-state index is 0.732. The standard InChI is InChI=1S/C26H38O2P2Si2/c1-31(2,3)27-25-21-15-7-8-16-22-26(28-32(4,5)6)30(24-19-13-10-14-20-24)29(25)23-17-11-9-12-18-23/h9-14,17-22H,7-8,15-16H2,1-6H3. The van der Waals surface area contributed by atoms with E-state index in [9.17, 15) is 0 Å². The molecular formula is C26H38O2P2Si2. The van der Waals surface area contributed by atoms with Crippen LogP contribution in [0.5, 0.6) is 0 Å². The van der Waals surface area contributed by atoms with Crippen LogP contribution in [-0.4, -0.2) is 16.6 Å². The van der Waals surface area contributed by atoms with Crippen molar-refractivity contribution in [3.63, 3.8) is 0 Å². The van der Waals surface area contributed by atoms with Gasteiger partial charge in [-0.2, -0.15) is 0 Å². The summed E-state index contributed by atoms with van der Waals surface area (Å²) < 4.78 is 13.8. The molecule has 172 valence electrons. The van der Waals surface area contributed by atoms with E-state index in [2.05, 4.69) is 112 Å². The molecule has 0 aromatic heterocycles. The lowest BCUT2D eigenvalue weighted by molar-refractivity contribution is 0.453. The topological polar surface area (TPSA) is 18.5 Å². The Hall–Kier alpha value is -1.19. The molecular weight excluding hydrogens is 462 g/mol. The molecule has 1 aliphatic rings. The van der Waals surface area contributed by atoms with Crippen LogP contribution >= 0.6 is 15.2 Å². The molecule has 0 spiro atoms. The predicted octanol–water partition coefficient (Wildman–Crippen LogP) is 8.48. The molecule has 0 amide bonds. The largest absolute Gasteiger partial charge is 0.544 e. The zero-order valence-electron chi connectivity index (χ0n) is 20.5. The van der Waals surface area contributed by atoms with Crippen molar-refractivity contribution >= 4 is 42.5 Å². The Bertz CT molecular complexity index is 839. The Kier molecular flexibility index (Phi) is 8.98. The molecule has 3 rings (SSSR count). The van der Waals surface area contributed by atoms with E-state index in [0.717, 1.165) is 12.8 Å². The molecule has 32 heavy (non-hydrogen) atoms. The van der Waals surface area contributed by atoms with Crippen LogP contribution in [-0.2, 0) is 8.85 Å². The normalized spacial score (nSPS) is 20.7. The average Bonchev–Trinajstić information content (AvgIpc) is 2.72. The summed E-state index contributed by atoms with van der Waals surface area (Å²) in [7, 11) is -5.02. The minimum Gasteiger partial charge on any atom is -0.544 e. The summed E-state index contributed by atoms with van der Waals surface area (Å²) in [5.74, 6) is 0. The Morgan fingerprint density at radius 1 is 0.562 bits per heavy atom. The van der Waals surface area contributed by atoms with Gasteiger partial charge in [0, 0.05) is 15.2 Å². The summed E-state index contributed by atoms with van der Waals surface area (Å²) in [6, 6.07) is 22.1. The van der Waals surface area contributed by atoms with Gasteiger partial charge in [-0.3, -0.25) is 0 Å². The van der Waals surface area contributed by atoms with E-state index >= 15 is 0 Å². The molecule has 1 heterocycles. The summed E-state index contributed by atoms with van der Waals surface area (Å²) in [6.45, 7) is 13.8. The minimum atomic E-state index is -1.78. The molecule has 0 fully saturated rings. The van der Waals surface area contributed by atoms with Crippen molar-refractivity contribution in [2.45, 2.75) is 65.0 Å². The maximum Gasteiger partial charge on any atom is 0.242 e. The summed E-state index contributed by atoms with van der Waals surface area (Å²) >= 11 is 0. The van der Waals surface area contributed by atoms with Crippen LogP contribution in [0.3, 0.4) is 0 Å². The van der Waals surface area contributed by atoms with Crippen molar-refractivity contribution in [1.82, 2.24) is 0 Å². The van der Waals surface area contributed by atoms with Crippen molar-refractivity contribution in [2.24, 2.45) is 0 Å². The number of rotatable bonds is 6. The van der Waals surface area contributed by atoms with Gasteiger partial charge in [0.2, 0.25) is 16.6 Å². The molecule has 0 saturated heterocycles. The summed E-state index contributed by atoms with van der Waals surface area (Å²) in [5, 5.41) is 2.76. The first kappa shape index (κ1) is 25.4. The monoisotopic (exact) mass is 500 g/mol. The van der Waals surface area contributed by atoms with Gasteiger partial charge in [-0.05, 0) is 87.7 Å². The SMILES string of the molecule is C[Si](C)(C)OC1=CCCCCC=C(O[Si](C)(C)C)P(c2ccccc2)P1c1ccccc1. The van der Waals surface area contributed by atoms with Crippen molar-refractivity contribution in [1.29, 1.82) is 0 Å². The van der Waals surface area contributed by atoms with Crippen molar-refractivity contribution in [2.75, 3.05) is 0 Å². The zero-order valence-corrected chi connectivity index (χ0v) is 24.3. The molecule has 2 atom stereocenters. The fourth-order valence-corrected chi connectivity index (χ4v) is 14.8. The lowest BCUT2D eigenvalue weighted by Crippen LogP contribution is -2.27. The molecule has 0 saturated carbocycles. The third kappa shape index (κ3) is 7.70. The molecule has 2 unspecified atom stereocenters. The second kappa shape index (κ2) is 11.3. The van der Waals surface area contributed by atoms with Crippen LogP contribution < -0.4 is 10.6 Å². The van der Waals surface area contributed by atoms with Crippen molar-refractivity contribution < 1.29 is 8.85 Å². The van der Waals surface area contributed by atoms with Gasteiger partial charge in [-0.25, -0.2) is 0 Å². The van der Waals surface area contributed by atoms with E-state index in [4.69, 9.17) is 8.85 Å². The molecule has 6 heteroatoms. The Morgan fingerprint density at radius 3 is 1.22 bits per heavy atom. The smallest absolute Gasteiger partial charge is 0.242 e. The van der Waals surface area contributed by atoms with E-state index < -0.39 is 31.9 Å². The Balaban J connectivity index is 2.25. The predicted molar refractivity (Wildman–Crippen MR) is 149 cm³/mol. The second-order valence-corrected chi connectivity index (χ2v) is 24.5. The fraction of sp³-hybridized carbons (Fsp3) is 0.385. The highest BCUT2D eigenvalue weighted by Crippen LogP contribution is 2.76. The Labute approximate surface area is 199 Å². The highest BCUT2D eigenvalue weighted by Gasteiger charge is 2.36. The van der Waals surface area contributed by atoms with Gasteiger partial charge in [0.1, 0.15) is 11.0 Å². The van der Waals surface area contributed by atoms with Gasteiger partial charge in [0.15, 0.2) is 0 Å². The zero-order chi connectivity index (χ0) is 23.2. The highest BCUT2D eigenvalue weighted by atomic mass is 32.1. The van der Waals surface area contributed by atoms with E-state index in [1.807, 2.05) is 0 Å². The number of benzene rings is 2. The number of hydrogen-bond acceptors (Lipinski definition) is 2. The van der Waals surface area contributed by atoms with E-state index in [0.29, 0.717) is 0 Å². The first-order valence-corrected chi connectivity index (χ1v) is 21.8. The van der Waals surface area contributed by atoms with Crippen LogP contribution in [0.4, 0.5) is 0 Å². The third-order valence-corrected chi connectivity index (χ3v) is 13.9. The van der Waals surface area contributed by atoms with Gasteiger partial charge in [-0.1, -0.05) is 60.7 Å². The van der Waals surface area contributed by atoms with Gasteiger partial charge in [0.05, 0.1) is 0 Å². The van der Waals surface area contributed by atoms with Gasteiger partial charge in [0.25, 0.3) is 0 Å². The lowest BCUT2D eigenvalue weighted by Gasteiger charge is -2.37. The van der Waals surface area contributed by atoms with Crippen LogP contribution in [0.25, 0.3) is 0 Å². The quantitative estimate of drug-likeness (QED) is 0.292. The van der Waals surface area contributed by atoms with Crippen LogP contribution in [0, 0.1) is 0 Å². The molecule has 1 aliphatic heterocycles. The average molecular weight is 501 g/mol. The Morgan fingerprint density at radius 2 is 0.906 bits per heavy atom. The first-order chi connectivity index (χ1) is 15.1. The van der Waals surface area contributed by atoms with Crippen LogP contribution in [0.1, 0.15) is 25.7 Å². The summed E-state index contributed by atoms with van der Waals surface area (Å²) in [5.41, 5.74) is 2.43. The fourth-order valence-electron chi connectivity index (χ4n) is 3.53. The maximum atomic E-state index is 6.88. The highest BCUT2D eigenvalue weighted by molar-refractivity contribution is 8.38. The van der Waals surface area contributed by atoms with E-state index in [1.54, 1.807) is 0 Å². The molecule has 2 nitrogen and oxygen atoms in total. The van der Waals surface area contributed by atoms with Gasteiger partial charge in [-0.15, -0.1) is 0 Å². The van der Waals surface area contributed by atoms with Gasteiger partial charge < -0.3 is 8.85 Å². The maximum absolute atomic E-state index is 6.88. The molecule has 0 bridgehead atoms. The van der Waals surface area contributed by atoms with E-state index in [1.165, 1.54) is 34.5 Å². The number of allylic oxidation sites excluding steroid dienone is 2. The second-order valence-electron chi connectivity index (χ2n) is 10.1. The van der Waals surface area contributed by atoms with Crippen LogP contribution in [0.15, 0.2) is 83.8 Å². The molecule has 0 radical (unpaired) electrons. The lowest BCUT2D eigenvalue weighted by atomic mass is 10.2. The van der Waals surface area contributed by atoms with Crippen molar-refractivity contribution in [3.8, 4) is 0 Å². The first-order valence-electron chi connectivity index (χ1n) is 11.6. The summed E-state index contributed by atoms with van der Waals surface area (Å²) in [6.07, 6.45) is 9.40. The van der Waals surface area contributed by atoms with Gasteiger partial charge >= 0.3 is 0 Å².